The summed E-state index contributed by atoms with van der Waals surface area (Å²) in [5.74, 6) is -0.131. The zero-order chi connectivity index (χ0) is 15.2. The molecule has 0 fully saturated rings. The number of aromatic nitrogens is 1. The van der Waals surface area contributed by atoms with Gasteiger partial charge in [0.25, 0.3) is 0 Å². The quantitative estimate of drug-likeness (QED) is 0.461. The second-order valence-corrected chi connectivity index (χ2v) is 5.10. The molecule has 0 aliphatic carbocycles. The van der Waals surface area contributed by atoms with Crippen molar-refractivity contribution < 1.29 is 14.3 Å². The Hall–Kier alpha value is -1.49. The molecule has 0 atom stereocenters. The third kappa shape index (κ3) is 4.49. The Labute approximate surface area is 136 Å². The number of pyridine rings is 1. The maximum Gasteiger partial charge on any atom is 0.341 e. The Morgan fingerprint density at radius 1 is 1.14 bits per heavy atom. The molecular weight excluding hydrogens is 337 g/mol. The van der Waals surface area contributed by atoms with Crippen LogP contribution in [0.4, 0.5) is 0 Å². The number of rotatable bonds is 5. The van der Waals surface area contributed by atoms with Crippen LogP contribution in [-0.2, 0) is 4.74 Å². The first-order valence-electron chi connectivity index (χ1n) is 5.93. The SMILES string of the molecule is O=C(OCCOc1cc(Cl)ccc1Cl)c1cccnc1Cl. The molecule has 2 aromatic rings. The molecule has 0 saturated carbocycles. The summed E-state index contributed by atoms with van der Waals surface area (Å²) in [4.78, 5) is 15.5. The molecule has 7 heteroatoms. The molecule has 0 radical (unpaired) electrons. The number of hydrogen-bond acceptors (Lipinski definition) is 4. The third-order valence-electron chi connectivity index (χ3n) is 2.45. The van der Waals surface area contributed by atoms with Crippen LogP contribution in [-0.4, -0.2) is 24.2 Å². The van der Waals surface area contributed by atoms with E-state index in [0.717, 1.165) is 0 Å². The van der Waals surface area contributed by atoms with Crippen LogP contribution < -0.4 is 4.74 Å². The molecule has 21 heavy (non-hydrogen) atoms. The molecule has 0 spiro atoms. The van der Waals surface area contributed by atoms with Crippen LogP contribution in [0.5, 0.6) is 5.75 Å². The molecule has 0 aliphatic rings. The van der Waals surface area contributed by atoms with Gasteiger partial charge in [0.15, 0.2) is 0 Å². The van der Waals surface area contributed by atoms with Crippen LogP contribution in [0.3, 0.4) is 0 Å². The zero-order valence-corrected chi connectivity index (χ0v) is 13.0. The van der Waals surface area contributed by atoms with E-state index in [9.17, 15) is 4.79 Å². The highest BCUT2D eigenvalue weighted by molar-refractivity contribution is 6.34. The van der Waals surface area contributed by atoms with Crippen LogP contribution in [0.15, 0.2) is 36.5 Å². The molecule has 0 amide bonds. The predicted molar refractivity (Wildman–Crippen MR) is 81.5 cm³/mol. The van der Waals surface area contributed by atoms with Crippen LogP contribution in [0.1, 0.15) is 10.4 Å². The van der Waals surface area contributed by atoms with Gasteiger partial charge in [-0.2, -0.15) is 0 Å². The highest BCUT2D eigenvalue weighted by Crippen LogP contribution is 2.27. The normalized spacial score (nSPS) is 10.2. The Morgan fingerprint density at radius 2 is 1.95 bits per heavy atom. The highest BCUT2D eigenvalue weighted by atomic mass is 35.5. The summed E-state index contributed by atoms with van der Waals surface area (Å²) in [6.07, 6.45) is 1.49. The minimum absolute atomic E-state index is 0.0485. The molecular formula is C14H10Cl3NO3. The average molecular weight is 347 g/mol. The topological polar surface area (TPSA) is 48.4 Å². The molecule has 2 rings (SSSR count). The van der Waals surface area contributed by atoms with E-state index in [4.69, 9.17) is 44.3 Å². The van der Waals surface area contributed by atoms with E-state index in [0.29, 0.717) is 15.8 Å². The summed E-state index contributed by atoms with van der Waals surface area (Å²) in [5, 5.41) is 1.04. The number of benzene rings is 1. The van der Waals surface area contributed by atoms with E-state index in [1.54, 1.807) is 24.3 Å². The van der Waals surface area contributed by atoms with Crippen molar-refractivity contribution in [3.05, 3.63) is 57.3 Å². The number of ether oxygens (including phenoxy) is 2. The summed E-state index contributed by atoms with van der Waals surface area (Å²) in [6, 6.07) is 8.00. The van der Waals surface area contributed by atoms with Gasteiger partial charge in [0, 0.05) is 17.3 Å². The third-order valence-corrected chi connectivity index (χ3v) is 3.29. The van der Waals surface area contributed by atoms with Gasteiger partial charge in [-0.25, -0.2) is 9.78 Å². The van der Waals surface area contributed by atoms with Gasteiger partial charge >= 0.3 is 5.97 Å². The van der Waals surface area contributed by atoms with Crippen molar-refractivity contribution >= 4 is 40.8 Å². The van der Waals surface area contributed by atoms with Crippen LogP contribution >= 0.6 is 34.8 Å². The zero-order valence-electron chi connectivity index (χ0n) is 10.7. The van der Waals surface area contributed by atoms with Gasteiger partial charge in [-0.15, -0.1) is 0 Å². The summed E-state index contributed by atoms with van der Waals surface area (Å²) >= 11 is 17.6. The van der Waals surface area contributed by atoms with E-state index in [2.05, 4.69) is 4.98 Å². The van der Waals surface area contributed by atoms with Crippen molar-refractivity contribution in [2.45, 2.75) is 0 Å². The summed E-state index contributed by atoms with van der Waals surface area (Å²) in [5.41, 5.74) is 0.208. The van der Waals surface area contributed by atoms with Gasteiger partial charge < -0.3 is 9.47 Å². The minimum atomic E-state index is -0.561. The lowest BCUT2D eigenvalue weighted by atomic mass is 10.3. The maximum atomic E-state index is 11.7. The van der Waals surface area contributed by atoms with Crippen molar-refractivity contribution in [1.82, 2.24) is 4.98 Å². The number of carbonyl (C=O) groups is 1. The molecule has 0 unspecified atom stereocenters. The van der Waals surface area contributed by atoms with Crippen molar-refractivity contribution in [2.75, 3.05) is 13.2 Å². The van der Waals surface area contributed by atoms with Gasteiger partial charge in [-0.1, -0.05) is 34.8 Å². The van der Waals surface area contributed by atoms with Crippen LogP contribution in [0, 0.1) is 0 Å². The fourth-order valence-electron chi connectivity index (χ4n) is 1.49. The van der Waals surface area contributed by atoms with Crippen molar-refractivity contribution in [2.24, 2.45) is 0 Å². The van der Waals surface area contributed by atoms with Gasteiger partial charge in [0.05, 0.1) is 10.6 Å². The van der Waals surface area contributed by atoms with Crippen LogP contribution in [0.2, 0.25) is 15.2 Å². The monoisotopic (exact) mass is 345 g/mol. The Kier molecular flexibility index (Phi) is 5.67. The minimum Gasteiger partial charge on any atom is -0.488 e. The Balaban J connectivity index is 1.84. The molecule has 1 aromatic carbocycles. The fraction of sp³-hybridized carbons (Fsp3) is 0.143. The Morgan fingerprint density at radius 3 is 2.71 bits per heavy atom. The molecule has 0 aliphatic heterocycles. The molecule has 4 nitrogen and oxygen atoms in total. The Bertz CT molecular complexity index is 649. The van der Waals surface area contributed by atoms with Gasteiger partial charge in [-0.3, -0.25) is 0 Å². The van der Waals surface area contributed by atoms with E-state index in [-0.39, 0.29) is 23.9 Å². The predicted octanol–water partition coefficient (Wildman–Crippen LogP) is 4.28. The first-order chi connectivity index (χ1) is 10.1. The first-order valence-corrected chi connectivity index (χ1v) is 7.07. The lowest BCUT2D eigenvalue weighted by Crippen LogP contribution is -2.13. The second kappa shape index (κ2) is 7.50. The molecule has 1 aromatic heterocycles. The molecule has 110 valence electrons. The van der Waals surface area contributed by atoms with Gasteiger partial charge in [0.1, 0.15) is 24.1 Å². The summed E-state index contributed by atoms with van der Waals surface area (Å²) < 4.78 is 10.4. The summed E-state index contributed by atoms with van der Waals surface area (Å²) in [7, 11) is 0. The van der Waals surface area contributed by atoms with Crippen molar-refractivity contribution in [1.29, 1.82) is 0 Å². The van der Waals surface area contributed by atoms with E-state index in [1.807, 2.05) is 0 Å². The number of esters is 1. The highest BCUT2D eigenvalue weighted by Gasteiger charge is 2.12. The van der Waals surface area contributed by atoms with Crippen molar-refractivity contribution in [3.8, 4) is 5.75 Å². The first kappa shape index (κ1) is 15.9. The second-order valence-electron chi connectivity index (χ2n) is 3.90. The van der Waals surface area contributed by atoms with Crippen molar-refractivity contribution in [3.63, 3.8) is 0 Å². The van der Waals surface area contributed by atoms with E-state index < -0.39 is 5.97 Å². The number of nitrogens with zero attached hydrogens (tertiary/aromatic N) is 1. The average Bonchev–Trinajstić information content (AvgIpc) is 2.47. The largest absolute Gasteiger partial charge is 0.488 e. The van der Waals surface area contributed by atoms with E-state index in [1.165, 1.54) is 12.3 Å². The van der Waals surface area contributed by atoms with Gasteiger partial charge in [0.2, 0.25) is 0 Å². The molecule has 1 heterocycles. The van der Waals surface area contributed by atoms with Gasteiger partial charge in [-0.05, 0) is 24.3 Å². The maximum absolute atomic E-state index is 11.7. The fourth-order valence-corrected chi connectivity index (χ4v) is 2.02. The standard InChI is InChI=1S/C14H10Cl3NO3/c15-9-3-4-11(16)12(8-9)20-6-7-21-14(19)10-2-1-5-18-13(10)17/h1-5,8H,6-7H2. The lowest BCUT2D eigenvalue weighted by molar-refractivity contribution is 0.0450. The van der Waals surface area contributed by atoms with E-state index >= 15 is 0 Å². The smallest absolute Gasteiger partial charge is 0.341 e. The number of carbonyl (C=O) groups excluding carboxylic acids is 1. The molecule has 0 bridgehead atoms. The van der Waals surface area contributed by atoms with Crippen LogP contribution in [0.25, 0.3) is 0 Å². The number of halogens is 3. The number of hydrogen-bond donors (Lipinski definition) is 0. The molecule has 0 N–H and O–H groups in total. The lowest BCUT2D eigenvalue weighted by Gasteiger charge is -2.09. The molecule has 0 saturated heterocycles. The summed E-state index contributed by atoms with van der Waals surface area (Å²) in [6.45, 7) is 0.191.